The lowest BCUT2D eigenvalue weighted by molar-refractivity contribution is -0.137. The fourth-order valence-corrected chi connectivity index (χ4v) is 3.82. The Labute approximate surface area is 165 Å². The van der Waals surface area contributed by atoms with Gasteiger partial charge in [-0.25, -0.2) is 4.98 Å². The van der Waals surface area contributed by atoms with Crippen molar-refractivity contribution in [2.75, 3.05) is 26.2 Å². The first-order chi connectivity index (χ1) is 13.6. The third-order valence-corrected chi connectivity index (χ3v) is 5.60. The van der Waals surface area contributed by atoms with E-state index in [2.05, 4.69) is 16.1 Å². The second-order valence-corrected chi connectivity index (χ2v) is 7.52. The third-order valence-electron chi connectivity index (χ3n) is 5.60. The lowest BCUT2D eigenvalue weighted by atomic mass is 9.94. The van der Waals surface area contributed by atoms with E-state index in [0.29, 0.717) is 0 Å². The van der Waals surface area contributed by atoms with Crippen LogP contribution in [0, 0.1) is 5.92 Å². The van der Waals surface area contributed by atoms with Crippen molar-refractivity contribution in [3.63, 3.8) is 0 Å². The highest BCUT2D eigenvalue weighted by molar-refractivity contribution is 5.79. The number of amides is 1. The molecule has 1 aliphatic rings. The number of pyridine rings is 1. The SMILES string of the molecule is CC(C(=O)N1CCN(Cc2cn3ccccc3n2)CC1)C(N)c1ccccc1. The van der Waals surface area contributed by atoms with E-state index in [9.17, 15) is 4.79 Å². The molecule has 0 aliphatic carbocycles. The molecule has 2 unspecified atom stereocenters. The lowest BCUT2D eigenvalue weighted by Gasteiger charge is -2.36. The second kappa shape index (κ2) is 8.12. The number of aromatic nitrogens is 2. The minimum absolute atomic E-state index is 0.142. The van der Waals surface area contributed by atoms with Crippen molar-refractivity contribution in [3.8, 4) is 0 Å². The Hall–Kier alpha value is -2.70. The molecule has 3 aromatic rings. The minimum Gasteiger partial charge on any atom is -0.340 e. The van der Waals surface area contributed by atoms with Crippen LogP contribution in [0.15, 0.2) is 60.9 Å². The van der Waals surface area contributed by atoms with E-state index in [1.165, 1.54) is 0 Å². The second-order valence-electron chi connectivity index (χ2n) is 7.52. The Bertz CT molecular complexity index is 897. The first kappa shape index (κ1) is 18.7. The van der Waals surface area contributed by atoms with Crippen LogP contribution in [0.4, 0.5) is 0 Å². The van der Waals surface area contributed by atoms with E-state index in [0.717, 1.165) is 49.6 Å². The molecule has 0 saturated carbocycles. The molecule has 0 bridgehead atoms. The molecule has 3 heterocycles. The molecule has 1 fully saturated rings. The predicted molar refractivity (Wildman–Crippen MR) is 110 cm³/mol. The van der Waals surface area contributed by atoms with Crippen molar-refractivity contribution >= 4 is 11.6 Å². The van der Waals surface area contributed by atoms with E-state index in [4.69, 9.17) is 5.73 Å². The number of piperazine rings is 1. The van der Waals surface area contributed by atoms with Crippen LogP contribution in [0.3, 0.4) is 0 Å². The molecule has 6 heteroatoms. The number of imidazole rings is 1. The molecule has 6 nitrogen and oxygen atoms in total. The average Bonchev–Trinajstić information content (AvgIpc) is 3.15. The largest absolute Gasteiger partial charge is 0.340 e. The number of nitrogens with two attached hydrogens (primary N) is 1. The van der Waals surface area contributed by atoms with E-state index in [1.807, 2.05) is 71.0 Å². The summed E-state index contributed by atoms with van der Waals surface area (Å²) in [5.41, 5.74) is 9.38. The van der Waals surface area contributed by atoms with Crippen molar-refractivity contribution in [2.24, 2.45) is 11.7 Å². The number of hydrogen-bond acceptors (Lipinski definition) is 4. The fourth-order valence-electron chi connectivity index (χ4n) is 3.82. The highest BCUT2D eigenvalue weighted by Crippen LogP contribution is 2.22. The normalized spacial score (nSPS) is 17.6. The molecule has 1 amide bonds. The van der Waals surface area contributed by atoms with Crippen molar-refractivity contribution < 1.29 is 4.79 Å². The molecule has 1 saturated heterocycles. The molecule has 0 radical (unpaired) electrons. The predicted octanol–water partition coefficient (Wildman–Crippen LogP) is 2.31. The molecular weight excluding hydrogens is 350 g/mol. The summed E-state index contributed by atoms with van der Waals surface area (Å²) in [6.45, 7) is 5.92. The van der Waals surface area contributed by atoms with Gasteiger partial charge < -0.3 is 15.0 Å². The molecule has 2 N–H and O–H groups in total. The number of rotatable bonds is 5. The summed E-state index contributed by atoms with van der Waals surface area (Å²) in [5.74, 6) is -0.0869. The van der Waals surface area contributed by atoms with Gasteiger partial charge in [-0.15, -0.1) is 0 Å². The van der Waals surface area contributed by atoms with Gasteiger partial charge in [0.2, 0.25) is 5.91 Å². The zero-order valence-corrected chi connectivity index (χ0v) is 16.2. The van der Waals surface area contributed by atoms with Crippen LogP contribution in [0.5, 0.6) is 0 Å². The maximum absolute atomic E-state index is 12.9. The van der Waals surface area contributed by atoms with Gasteiger partial charge in [-0.3, -0.25) is 9.69 Å². The topological polar surface area (TPSA) is 66.9 Å². The standard InChI is InChI=1S/C22H27N5O/c1-17(21(23)18-7-3-2-4-8-18)22(28)26-13-11-25(12-14-26)15-19-16-27-10-6-5-9-20(27)24-19/h2-10,16-17,21H,11-15,23H2,1H3. The Balaban J connectivity index is 1.32. The van der Waals surface area contributed by atoms with Gasteiger partial charge in [0.05, 0.1) is 11.6 Å². The van der Waals surface area contributed by atoms with Crippen molar-refractivity contribution in [1.82, 2.24) is 19.2 Å². The summed E-state index contributed by atoms with van der Waals surface area (Å²) in [7, 11) is 0. The van der Waals surface area contributed by atoms with E-state index in [-0.39, 0.29) is 17.9 Å². The highest BCUT2D eigenvalue weighted by Gasteiger charge is 2.29. The van der Waals surface area contributed by atoms with Gasteiger partial charge in [0.1, 0.15) is 5.65 Å². The smallest absolute Gasteiger partial charge is 0.227 e. The van der Waals surface area contributed by atoms with Gasteiger partial charge in [-0.1, -0.05) is 43.3 Å². The maximum Gasteiger partial charge on any atom is 0.227 e. The summed E-state index contributed by atoms with van der Waals surface area (Å²) in [5, 5.41) is 0. The Kier molecular flexibility index (Phi) is 5.41. The number of fused-ring (bicyclic) bond motifs is 1. The van der Waals surface area contributed by atoms with Crippen LogP contribution in [-0.2, 0) is 11.3 Å². The Morgan fingerprint density at radius 2 is 1.79 bits per heavy atom. The molecule has 0 spiro atoms. The fraction of sp³-hybridized carbons (Fsp3) is 0.364. The van der Waals surface area contributed by atoms with E-state index < -0.39 is 0 Å². The van der Waals surface area contributed by atoms with Crippen LogP contribution >= 0.6 is 0 Å². The van der Waals surface area contributed by atoms with Crippen LogP contribution in [0.2, 0.25) is 0 Å². The Morgan fingerprint density at radius 1 is 1.07 bits per heavy atom. The van der Waals surface area contributed by atoms with Crippen molar-refractivity contribution in [2.45, 2.75) is 19.5 Å². The van der Waals surface area contributed by atoms with Crippen LogP contribution in [0.1, 0.15) is 24.2 Å². The van der Waals surface area contributed by atoms with Gasteiger partial charge >= 0.3 is 0 Å². The van der Waals surface area contributed by atoms with Gasteiger partial charge in [-0.05, 0) is 17.7 Å². The molecule has 1 aromatic carbocycles. The van der Waals surface area contributed by atoms with E-state index in [1.54, 1.807) is 0 Å². The zero-order chi connectivity index (χ0) is 19.5. The number of carbonyl (C=O) groups is 1. The van der Waals surface area contributed by atoms with Gasteiger partial charge in [0.25, 0.3) is 0 Å². The van der Waals surface area contributed by atoms with Crippen LogP contribution < -0.4 is 5.73 Å². The van der Waals surface area contributed by atoms with Crippen molar-refractivity contribution in [1.29, 1.82) is 0 Å². The first-order valence-electron chi connectivity index (χ1n) is 9.86. The quantitative estimate of drug-likeness (QED) is 0.741. The number of carbonyl (C=O) groups excluding carboxylic acids is 1. The lowest BCUT2D eigenvalue weighted by Crippen LogP contribution is -2.50. The molecule has 2 atom stereocenters. The van der Waals surface area contributed by atoms with Crippen LogP contribution in [0.25, 0.3) is 5.65 Å². The Morgan fingerprint density at radius 3 is 2.50 bits per heavy atom. The van der Waals surface area contributed by atoms with Gasteiger partial charge in [0.15, 0.2) is 0 Å². The summed E-state index contributed by atoms with van der Waals surface area (Å²) < 4.78 is 2.04. The highest BCUT2D eigenvalue weighted by atomic mass is 16.2. The number of hydrogen-bond donors (Lipinski definition) is 1. The van der Waals surface area contributed by atoms with Crippen LogP contribution in [-0.4, -0.2) is 51.3 Å². The number of nitrogens with zero attached hydrogens (tertiary/aromatic N) is 4. The maximum atomic E-state index is 12.9. The monoisotopic (exact) mass is 377 g/mol. The van der Waals surface area contributed by atoms with Gasteiger partial charge in [-0.2, -0.15) is 0 Å². The molecule has 1 aliphatic heterocycles. The summed E-state index contributed by atoms with van der Waals surface area (Å²) in [6.07, 6.45) is 4.09. The molecule has 146 valence electrons. The number of benzene rings is 1. The third kappa shape index (κ3) is 3.93. The molecule has 2 aromatic heterocycles. The minimum atomic E-state index is -0.273. The van der Waals surface area contributed by atoms with Crippen molar-refractivity contribution in [3.05, 3.63) is 72.2 Å². The molecular formula is C22H27N5O. The first-order valence-corrected chi connectivity index (χ1v) is 9.86. The summed E-state index contributed by atoms with van der Waals surface area (Å²) in [4.78, 5) is 21.9. The van der Waals surface area contributed by atoms with Gasteiger partial charge in [0, 0.05) is 51.2 Å². The average molecular weight is 377 g/mol. The molecule has 4 rings (SSSR count). The molecule has 28 heavy (non-hydrogen) atoms. The zero-order valence-electron chi connectivity index (χ0n) is 16.2. The van der Waals surface area contributed by atoms with E-state index >= 15 is 0 Å². The summed E-state index contributed by atoms with van der Waals surface area (Å²) in [6, 6.07) is 15.6. The summed E-state index contributed by atoms with van der Waals surface area (Å²) >= 11 is 0.